The lowest BCUT2D eigenvalue weighted by atomic mass is 10.1. The molecule has 0 unspecified atom stereocenters. The third-order valence-corrected chi connectivity index (χ3v) is 5.11. The highest BCUT2D eigenvalue weighted by atomic mass is 32.1. The molecule has 4 aromatic rings. The number of rotatable bonds is 5. The number of hydrogen-bond acceptors (Lipinski definition) is 5. The summed E-state index contributed by atoms with van der Waals surface area (Å²) in [4.78, 5) is 21.3. The Labute approximate surface area is 175 Å². The number of carbonyl (C=O) groups is 1. The van der Waals surface area contributed by atoms with Gasteiger partial charge in [-0.25, -0.2) is 13.8 Å². The molecule has 9 heteroatoms. The van der Waals surface area contributed by atoms with Crippen molar-refractivity contribution < 1.29 is 13.6 Å². The van der Waals surface area contributed by atoms with E-state index in [0.717, 1.165) is 6.20 Å². The molecule has 3 heterocycles. The van der Waals surface area contributed by atoms with Crippen LogP contribution in [-0.2, 0) is 0 Å². The summed E-state index contributed by atoms with van der Waals surface area (Å²) < 4.78 is 29.0. The van der Waals surface area contributed by atoms with Gasteiger partial charge in [-0.3, -0.25) is 19.8 Å². The van der Waals surface area contributed by atoms with Gasteiger partial charge in [-0.1, -0.05) is 12.1 Å². The molecule has 0 spiro atoms. The van der Waals surface area contributed by atoms with E-state index in [-0.39, 0.29) is 22.9 Å². The molecule has 0 saturated carbocycles. The molecule has 1 N–H and O–H groups in total. The summed E-state index contributed by atoms with van der Waals surface area (Å²) in [7, 11) is 0. The number of anilines is 1. The average molecular weight is 425 g/mol. The first-order valence-electron chi connectivity index (χ1n) is 9.15. The summed E-state index contributed by atoms with van der Waals surface area (Å²) in [6, 6.07) is 8.98. The monoisotopic (exact) mass is 425 g/mol. The molecule has 1 aromatic carbocycles. The van der Waals surface area contributed by atoms with Gasteiger partial charge in [0.05, 0.1) is 17.5 Å². The van der Waals surface area contributed by atoms with Crippen molar-refractivity contribution in [1.29, 1.82) is 0 Å². The van der Waals surface area contributed by atoms with E-state index in [1.54, 1.807) is 34.5 Å². The summed E-state index contributed by atoms with van der Waals surface area (Å²) in [5.41, 5.74) is 1.76. The minimum atomic E-state index is -0.459. The third kappa shape index (κ3) is 3.97. The van der Waals surface area contributed by atoms with Crippen LogP contribution in [0, 0.1) is 11.6 Å². The zero-order valence-electron chi connectivity index (χ0n) is 16.1. The Bertz CT molecular complexity index is 1200. The van der Waals surface area contributed by atoms with Crippen molar-refractivity contribution in [3.63, 3.8) is 0 Å². The maximum Gasteiger partial charge on any atom is 0.261 e. The quantitative estimate of drug-likeness (QED) is 0.478. The summed E-state index contributed by atoms with van der Waals surface area (Å²) in [6.45, 7) is 3.84. The second-order valence-corrected chi connectivity index (χ2v) is 7.66. The van der Waals surface area contributed by atoms with Crippen molar-refractivity contribution in [3.05, 3.63) is 71.4 Å². The van der Waals surface area contributed by atoms with Crippen LogP contribution in [0.5, 0.6) is 0 Å². The lowest BCUT2D eigenvalue weighted by molar-refractivity contribution is 0.102. The fourth-order valence-electron chi connectivity index (χ4n) is 2.82. The first-order chi connectivity index (χ1) is 14.4. The smallest absolute Gasteiger partial charge is 0.261 e. The topological polar surface area (TPSA) is 72.7 Å². The molecule has 0 radical (unpaired) electrons. The van der Waals surface area contributed by atoms with Crippen LogP contribution in [-0.4, -0.2) is 25.7 Å². The predicted molar refractivity (Wildman–Crippen MR) is 111 cm³/mol. The zero-order valence-corrected chi connectivity index (χ0v) is 17.0. The average Bonchev–Trinajstić information content (AvgIpc) is 3.36. The molecule has 0 bridgehead atoms. The van der Waals surface area contributed by atoms with Crippen LogP contribution in [0.4, 0.5) is 13.9 Å². The summed E-state index contributed by atoms with van der Waals surface area (Å²) >= 11 is 1.21. The molecule has 0 fully saturated rings. The van der Waals surface area contributed by atoms with Crippen LogP contribution < -0.4 is 5.32 Å². The number of pyridine rings is 1. The maximum atomic E-state index is 14.4. The van der Waals surface area contributed by atoms with Crippen molar-refractivity contribution in [2.75, 3.05) is 5.32 Å². The summed E-state index contributed by atoms with van der Waals surface area (Å²) in [5.74, 6) is -1.35. The summed E-state index contributed by atoms with van der Waals surface area (Å²) in [6.07, 6.45) is 2.70. The Morgan fingerprint density at radius 1 is 1.13 bits per heavy atom. The number of amides is 1. The molecule has 152 valence electrons. The molecule has 6 nitrogen and oxygen atoms in total. The van der Waals surface area contributed by atoms with Crippen LogP contribution in [0.15, 0.2) is 54.2 Å². The van der Waals surface area contributed by atoms with Crippen LogP contribution in [0.25, 0.3) is 22.6 Å². The van der Waals surface area contributed by atoms with E-state index in [9.17, 15) is 13.6 Å². The van der Waals surface area contributed by atoms with E-state index in [1.165, 1.54) is 29.5 Å². The van der Waals surface area contributed by atoms with Gasteiger partial charge >= 0.3 is 0 Å². The lowest BCUT2D eigenvalue weighted by Gasteiger charge is -2.04. The van der Waals surface area contributed by atoms with E-state index < -0.39 is 17.5 Å². The molecule has 4 rings (SSSR count). The number of halogens is 2. The van der Waals surface area contributed by atoms with Crippen LogP contribution in [0.3, 0.4) is 0 Å². The van der Waals surface area contributed by atoms with Crippen molar-refractivity contribution in [3.8, 4) is 22.6 Å². The molecule has 0 aliphatic heterocycles. The van der Waals surface area contributed by atoms with Crippen molar-refractivity contribution in [2.45, 2.75) is 19.9 Å². The van der Waals surface area contributed by atoms with Crippen molar-refractivity contribution >= 4 is 22.4 Å². The Kier molecular flexibility index (Phi) is 5.37. The molecule has 0 atom stereocenters. The first-order valence-corrected chi connectivity index (χ1v) is 10.0. The zero-order chi connectivity index (χ0) is 21.3. The number of thiazole rings is 1. The van der Waals surface area contributed by atoms with Gasteiger partial charge in [0.15, 0.2) is 5.13 Å². The van der Waals surface area contributed by atoms with E-state index in [4.69, 9.17) is 0 Å². The van der Waals surface area contributed by atoms with Gasteiger partial charge in [0, 0.05) is 23.2 Å². The molecular weight excluding hydrogens is 408 g/mol. The van der Waals surface area contributed by atoms with Crippen molar-refractivity contribution in [1.82, 2.24) is 19.7 Å². The SMILES string of the molecule is CC(C)n1cc(C(=O)Nc2nc(-c3ccc(F)cn3)cs2)c(-c2ccccc2F)n1. The highest BCUT2D eigenvalue weighted by Gasteiger charge is 2.22. The van der Waals surface area contributed by atoms with Gasteiger partial charge in [-0.05, 0) is 38.1 Å². The van der Waals surface area contributed by atoms with Crippen LogP contribution >= 0.6 is 11.3 Å². The summed E-state index contributed by atoms with van der Waals surface area (Å²) in [5, 5.41) is 9.21. The maximum absolute atomic E-state index is 14.4. The minimum Gasteiger partial charge on any atom is -0.298 e. The van der Waals surface area contributed by atoms with Crippen LogP contribution in [0.2, 0.25) is 0 Å². The number of benzene rings is 1. The predicted octanol–water partition coefficient (Wildman–Crippen LogP) is 5.18. The van der Waals surface area contributed by atoms with E-state index in [2.05, 4.69) is 20.4 Å². The molecule has 30 heavy (non-hydrogen) atoms. The van der Waals surface area contributed by atoms with Crippen LogP contribution in [0.1, 0.15) is 30.2 Å². The minimum absolute atomic E-state index is 0.00640. The van der Waals surface area contributed by atoms with Gasteiger partial charge < -0.3 is 0 Å². The van der Waals surface area contributed by atoms with E-state index in [0.29, 0.717) is 16.5 Å². The number of hydrogen-bond donors (Lipinski definition) is 1. The van der Waals surface area contributed by atoms with Gasteiger partial charge in [0.1, 0.15) is 23.0 Å². The second kappa shape index (κ2) is 8.11. The molecule has 3 aromatic heterocycles. The Balaban J connectivity index is 1.64. The normalized spacial score (nSPS) is 11.1. The molecule has 0 aliphatic carbocycles. The molecular formula is C21H17F2N5OS. The fourth-order valence-corrected chi connectivity index (χ4v) is 3.51. The molecule has 0 saturated heterocycles. The largest absolute Gasteiger partial charge is 0.298 e. The van der Waals surface area contributed by atoms with Gasteiger partial charge in [0.2, 0.25) is 0 Å². The molecule has 1 amide bonds. The highest BCUT2D eigenvalue weighted by Crippen LogP contribution is 2.28. The first kappa shape index (κ1) is 19.8. The Hall–Kier alpha value is -3.46. The van der Waals surface area contributed by atoms with Crippen molar-refractivity contribution in [2.24, 2.45) is 0 Å². The Morgan fingerprint density at radius 3 is 2.63 bits per heavy atom. The third-order valence-electron chi connectivity index (χ3n) is 4.35. The van der Waals surface area contributed by atoms with Gasteiger partial charge in [-0.15, -0.1) is 11.3 Å². The highest BCUT2D eigenvalue weighted by molar-refractivity contribution is 7.14. The van der Waals surface area contributed by atoms with E-state index in [1.807, 2.05) is 13.8 Å². The number of nitrogens with zero attached hydrogens (tertiary/aromatic N) is 4. The number of nitrogens with one attached hydrogen (secondary N) is 1. The lowest BCUT2D eigenvalue weighted by Crippen LogP contribution is -2.12. The standard InChI is InChI=1S/C21H17F2N5OS/c1-12(2)28-10-15(19(27-28)14-5-3-4-6-16(14)23)20(29)26-21-25-18(11-30-21)17-8-7-13(22)9-24-17/h3-12H,1-2H3,(H,25,26,29). The number of carbonyl (C=O) groups excluding carboxylic acids is 1. The fraction of sp³-hybridized carbons (Fsp3) is 0.143. The van der Waals surface area contributed by atoms with Gasteiger partial charge in [-0.2, -0.15) is 5.10 Å². The Morgan fingerprint density at radius 2 is 1.93 bits per heavy atom. The number of aromatic nitrogens is 4. The second-order valence-electron chi connectivity index (χ2n) is 6.80. The van der Waals surface area contributed by atoms with E-state index >= 15 is 0 Å². The van der Waals surface area contributed by atoms with Gasteiger partial charge in [0.25, 0.3) is 5.91 Å². The molecule has 0 aliphatic rings.